The van der Waals surface area contributed by atoms with Crippen molar-refractivity contribution in [3.8, 4) is 0 Å². The molecule has 0 saturated carbocycles. The molecule has 0 N–H and O–H groups in total. The van der Waals surface area contributed by atoms with Crippen molar-refractivity contribution in [3.63, 3.8) is 0 Å². The number of carbonyl (C=O) groups is 2. The van der Waals surface area contributed by atoms with Gasteiger partial charge in [-0.15, -0.1) is 0 Å². The van der Waals surface area contributed by atoms with E-state index in [1.807, 2.05) is 0 Å². The molecule has 1 atom stereocenters. The Morgan fingerprint density at radius 3 is 1.90 bits per heavy atom. The molecule has 0 amide bonds. The average molecular weight is 304 g/mol. The number of ether oxygens (including phenoxy) is 2. The lowest BCUT2D eigenvalue weighted by Crippen LogP contribution is -2.28. The SMILES string of the molecule is CCCCCC[C@H](F)CCC(C(=O)OCC)C(=O)OCC. The van der Waals surface area contributed by atoms with E-state index in [-0.39, 0.29) is 26.1 Å². The first-order valence-electron chi connectivity index (χ1n) is 8.04. The van der Waals surface area contributed by atoms with Crippen LogP contribution in [0.25, 0.3) is 0 Å². The van der Waals surface area contributed by atoms with Crippen LogP contribution in [0, 0.1) is 5.92 Å². The van der Waals surface area contributed by atoms with Gasteiger partial charge in [-0.05, 0) is 33.1 Å². The highest BCUT2D eigenvalue weighted by molar-refractivity contribution is 5.94. The zero-order valence-corrected chi connectivity index (χ0v) is 13.5. The molecule has 0 unspecified atom stereocenters. The Kier molecular flexibility index (Phi) is 11.9. The average Bonchev–Trinajstić information content (AvgIpc) is 2.44. The molecule has 0 aliphatic carbocycles. The molecule has 0 radical (unpaired) electrons. The fourth-order valence-corrected chi connectivity index (χ4v) is 2.10. The zero-order valence-electron chi connectivity index (χ0n) is 13.5. The van der Waals surface area contributed by atoms with Gasteiger partial charge >= 0.3 is 11.9 Å². The predicted molar refractivity (Wildman–Crippen MR) is 79.6 cm³/mol. The van der Waals surface area contributed by atoms with Gasteiger partial charge in [-0.2, -0.15) is 0 Å². The number of esters is 2. The standard InChI is InChI=1S/C16H29FO4/c1-4-7-8-9-10-13(17)11-12-14(15(18)20-5-2)16(19)21-6-3/h13-14H,4-12H2,1-3H3/t13-/m0/s1. The highest BCUT2D eigenvalue weighted by atomic mass is 19.1. The third kappa shape index (κ3) is 9.43. The van der Waals surface area contributed by atoms with E-state index < -0.39 is 24.0 Å². The Bertz CT molecular complexity index is 276. The van der Waals surface area contributed by atoms with E-state index in [4.69, 9.17) is 9.47 Å². The van der Waals surface area contributed by atoms with E-state index in [2.05, 4.69) is 6.92 Å². The highest BCUT2D eigenvalue weighted by Gasteiger charge is 2.30. The van der Waals surface area contributed by atoms with Crippen molar-refractivity contribution in [3.05, 3.63) is 0 Å². The van der Waals surface area contributed by atoms with Gasteiger partial charge in [0.1, 0.15) is 6.17 Å². The predicted octanol–water partition coefficient (Wildman–Crippen LogP) is 3.82. The summed E-state index contributed by atoms with van der Waals surface area (Å²) in [4.78, 5) is 23.5. The molecule has 4 nitrogen and oxygen atoms in total. The van der Waals surface area contributed by atoms with Gasteiger partial charge in [-0.3, -0.25) is 9.59 Å². The summed E-state index contributed by atoms with van der Waals surface area (Å²) in [6.07, 6.45) is 3.94. The van der Waals surface area contributed by atoms with E-state index in [1.54, 1.807) is 13.8 Å². The van der Waals surface area contributed by atoms with E-state index in [9.17, 15) is 14.0 Å². The highest BCUT2D eigenvalue weighted by Crippen LogP contribution is 2.18. The van der Waals surface area contributed by atoms with Crippen molar-refractivity contribution >= 4 is 11.9 Å². The van der Waals surface area contributed by atoms with Crippen LogP contribution in [-0.4, -0.2) is 31.3 Å². The molecule has 0 spiro atoms. The Labute approximate surface area is 127 Å². The molecule has 0 aromatic rings. The summed E-state index contributed by atoms with van der Waals surface area (Å²) in [6.45, 7) is 5.85. The maximum atomic E-state index is 13.8. The summed E-state index contributed by atoms with van der Waals surface area (Å²) in [5, 5.41) is 0. The van der Waals surface area contributed by atoms with Crippen LogP contribution in [0.5, 0.6) is 0 Å². The van der Waals surface area contributed by atoms with Crippen molar-refractivity contribution in [1.82, 2.24) is 0 Å². The molecule has 0 rings (SSSR count). The van der Waals surface area contributed by atoms with E-state index in [0.717, 1.165) is 25.7 Å². The van der Waals surface area contributed by atoms with Crippen molar-refractivity contribution in [2.45, 2.75) is 71.9 Å². The summed E-state index contributed by atoms with van der Waals surface area (Å²) in [7, 11) is 0. The van der Waals surface area contributed by atoms with Crippen LogP contribution < -0.4 is 0 Å². The van der Waals surface area contributed by atoms with Crippen LogP contribution in [0.4, 0.5) is 4.39 Å². The van der Waals surface area contributed by atoms with Crippen LogP contribution in [-0.2, 0) is 19.1 Å². The fourth-order valence-electron chi connectivity index (χ4n) is 2.10. The molecule has 0 aliphatic heterocycles. The lowest BCUT2D eigenvalue weighted by Gasteiger charge is -2.15. The van der Waals surface area contributed by atoms with E-state index in [1.165, 1.54) is 0 Å². The number of alkyl halides is 1. The van der Waals surface area contributed by atoms with Crippen LogP contribution in [0.3, 0.4) is 0 Å². The molecule has 5 heteroatoms. The van der Waals surface area contributed by atoms with Crippen molar-refractivity contribution < 1.29 is 23.5 Å². The minimum atomic E-state index is -1.00. The third-order valence-electron chi connectivity index (χ3n) is 3.28. The Hall–Kier alpha value is -1.13. The minimum absolute atomic E-state index is 0.145. The fraction of sp³-hybridized carbons (Fsp3) is 0.875. The number of rotatable bonds is 12. The first-order valence-corrected chi connectivity index (χ1v) is 8.04. The zero-order chi connectivity index (χ0) is 16.1. The Balaban J connectivity index is 4.21. The van der Waals surface area contributed by atoms with Gasteiger partial charge in [-0.1, -0.05) is 32.6 Å². The molecule has 0 aromatic heterocycles. The first kappa shape index (κ1) is 19.9. The van der Waals surface area contributed by atoms with Gasteiger partial charge in [-0.25, -0.2) is 4.39 Å². The second-order valence-electron chi connectivity index (χ2n) is 5.08. The van der Waals surface area contributed by atoms with Crippen molar-refractivity contribution in [2.24, 2.45) is 5.92 Å². The largest absolute Gasteiger partial charge is 0.465 e. The molecular weight excluding hydrogens is 275 g/mol. The molecule has 21 heavy (non-hydrogen) atoms. The van der Waals surface area contributed by atoms with Gasteiger partial charge in [0.05, 0.1) is 13.2 Å². The minimum Gasteiger partial charge on any atom is -0.465 e. The molecule has 0 heterocycles. The number of halogens is 1. The third-order valence-corrected chi connectivity index (χ3v) is 3.28. The smallest absolute Gasteiger partial charge is 0.320 e. The number of hydrogen-bond donors (Lipinski definition) is 0. The van der Waals surface area contributed by atoms with E-state index >= 15 is 0 Å². The molecule has 124 valence electrons. The Morgan fingerprint density at radius 2 is 1.43 bits per heavy atom. The van der Waals surface area contributed by atoms with Crippen LogP contribution >= 0.6 is 0 Å². The maximum Gasteiger partial charge on any atom is 0.320 e. The van der Waals surface area contributed by atoms with E-state index in [0.29, 0.717) is 6.42 Å². The van der Waals surface area contributed by atoms with Gasteiger partial charge in [0.25, 0.3) is 0 Å². The molecule has 0 fully saturated rings. The van der Waals surface area contributed by atoms with Gasteiger partial charge in [0.2, 0.25) is 0 Å². The molecule has 0 aliphatic rings. The summed E-state index contributed by atoms with van der Waals surface area (Å²) in [6, 6.07) is 0. The number of unbranched alkanes of at least 4 members (excludes halogenated alkanes) is 3. The first-order chi connectivity index (χ1) is 10.1. The second kappa shape index (κ2) is 12.6. The van der Waals surface area contributed by atoms with Gasteiger partial charge in [0, 0.05) is 0 Å². The molecule has 0 bridgehead atoms. The van der Waals surface area contributed by atoms with Crippen molar-refractivity contribution in [2.75, 3.05) is 13.2 Å². The monoisotopic (exact) mass is 304 g/mol. The maximum absolute atomic E-state index is 13.8. The molecule has 0 saturated heterocycles. The van der Waals surface area contributed by atoms with Gasteiger partial charge in [0.15, 0.2) is 5.92 Å². The van der Waals surface area contributed by atoms with Crippen LogP contribution in [0.1, 0.15) is 65.7 Å². The van der Waals surface area contributed by atoms with Crippen LogP contribution in [0.2, 0.25) is 0 Å². The van der Waals surface area contributed by atoms with Crippen LogP contribution in [0.15, 0.2) is 0 Å². The summed E-state index contributed by atoms with van der Waals surface area (Å²) < 4.78 is 23.5. The van der Waals surface area contributed by atoms with Gasteiger partial charge < -0.3 is 9.47 Å². The molecular formula is C16H29FO4. The summed E-state index contributed by atoms with van der Waals surface area (Å²) >= 11 is 0. The topological polar surface area (TPSA) is 52.6 Å². The quantitative estimate of drug-likeness (QED) is 0.312. The molecule has 0 aromatic carbocycles. The lowest BCUT2D eigenvalue weighted by molar-refractivity contribution is -0.162. The van der Waals surface area contributed by atoms with Crippen molar-refractivity contribution in [1.29, 1.82) is 0 Å². The second-order valence-corrected chi connectivity index (χ2v) is 5.08. The Morgan fingerprint density at radius 1 is 0.857 bits per heavy atom. The normalized spacial score (nSPS) is 12.2. The summed E-state index contributed by atoms with van der Waals surface area (Å²) in [5.41, 5.74) is 0. The summed E-state index contributed by atoms with van der Waals surface area (Å²) in [5.74, 6) is -2.23. The lowest BCUT2D eigenvalue weighted by atomic mass is 9.99. The number of carbonyl (C=O) groups excluding carboxylic acids is 2. The number of hydrogen-bond acceptors (Lipinski definition) is 4.